The molecule has 1 aliphatic carbocycles. The minimum atomic E-state index is 0.273. The number of ketones is 1. The van der Waals surface area contributed by atoms with E-state index in [9.17, 15) is 4.79 Å². The molecule has 116 valence electrons. The summed E-state index contributed by atoms with van der Waals surface area (Å²) in [5, 5.41) is 0. The van der Waals surface area contributed by atoms with E-state index in [2.05, 4.69) is 37.8 Å². The van der Waals surface area contributed by atoms with Gasteiger partial charge < -0.3 is 0 Å². The van der Waals surface area contributed by atoms with Crippen LogP contribution in [0.1, 0.15) is 67.9 Å². The molecule has 0 aliphatic heterocycles. The average Bonchev–Trinajstić information content (AvgIpc) is 2.93. The number of unbranched alkanes of at least 4 members (excludes halogenated alkanes) is 2. The molecule has 0 radical (unpaired) electrons. The molecule has 0 fully saturated rings. The van der Waals surface area contributed by atoms with Crippen LogP contribution in [0.15, 0.2) is 18.2 Å². The van der Waals surface area contributed by atoms with E-state index in [1.54, 1.807) is 0 Å². The van der Waals surface area contributed by atoms with E-state index in [-0.39, 0.29) is 5.78 Å². The fourth-order valence-electron chi connectivity index (χ4n) is 3.11. The maximum absolute atomic E-state index is 12.6. The van der Waals surface area contributed by atoms with Gasteiger partial charge in [0.1, 0.15) is 0 Å². The van der Waals surface area contributed by atoms with Crippen LogP contribution in [0.4, 0.5) is 0 Å². The molecule has 21 heavy (non-hydrogen) atoms. The van der Waals surface area contributed by atoms with Crippen molar-refractivity contribution in [3.8, 4) is 0 Å². The Morgan fingerprint density at radius 1 is 1.19 bits per heavy atom. The van der Waals surface area contributed by atoms with E-state index in [0.717, 1.165) is 18.5 Å². The lowest BCUT2D eigenvalue weighted by molar-refractivity contribution is 0.0903. The zero-order chi connectivity index (χ0) is 15.2. The summed E-state index contributed by atoms with van der Waals surface area (Å²) in [5.41, 5.74) is 3.73. The topological polar surface area (TPSA) is 20.3 Å². The van der Waals surface area contributed by atoms with E-state index in [1.807, 2.05) is 6.07 Å². The predicted octanol–water partition coefficient (Wildman–Crippen LogP) is 4.26. The maximum Gasteiger partial charge on any atom is 0.176 e. The van der Waals surface area contributed by atoms with E-state index in [1.165, 1.54) is 43.2 Å². The zero-order valence-electron chi connectivity index (χ0n) is 13.8. The van der Waals surface area contributed by atoms with Gasteiger partial charge in [-0.2, -0.15) is 0 Å². The molecular formula is C19H29NO. The molecular weight excluding hydrogens is 258 g/mol. The van der Waals surface area contributed by atoms with E-state index < -0.39 is 0 Å². The Kier molecular flexibility index (Phi) is 5.98. The number of carbonyl (C=O) groups excluding carboxylic acids is 1. The van der Waals surface area contributed by atoms with Crippen molar-refractivity contribution in [2.24, 2.45) is 0 Å². The molecule has 2 nitrogen and oxygen atoms in total. The van der Waals surface area contributed by atoms with Crippen LogP contribution in [-0.2, 0) is 12.8 Å². The number of hydrogen-bond acceptors (Lipinski definition) is 2. The molecule has 1 aromatic rings. The van der Waals surface area contributed by atoms with Gasteiger partial charge >= 0.3 is 0 Å². The highest BCUT2D eigenvalue weighted by atomic mass is 16.1. The highest BCUT2D eigenvalue weighted by molar-refractivity contribution is 5.97. The molecule has 0 unspecified atom stereocenters. The monoisotopic (exact) mass is 287 g/mol. The quantitative estimate of drug-likeness (QED) is 0.526. The Labute approximate surface area is 129 Å². The normalized spacial score (nSPS) is 14.0. The molecule has 2 rings (SSSR count). The van der Waals surface area contributed by atoms with Crippen LogP contribution in [0.3, 0.4) is 0 Å². The van der Waals surface area contributed by atoms with Gasteiger partial charge in [-0.1, -0.05) is 31.9 Å². The SMILES string of the molecule is CCCCCN(CC(=O)c1ccc2c(c1)CCC2)C(C)C. The number of nitrogens with zero attached hydrogens (tertiary/aromatic N) is 1. The summed E-state index contributed by atoms with van der Waals surface area (Å²) in [6, 6.07) is 6.75. The number of carbonyl (C=O) groups is 1. The summed E-state index contributed by atoms with van der Waals surface area (Å²) in [7, 11) is 0. The van der Waals surface area contributed by atoms with Gasteiger partial charge in [0.05, 0.1) is 6.54 Å². The highest BCUT2D eigenvalue weighted by Crippen LogP contribution is 2.23. The molecule has 0 saturated carbocycles. The van der Waals surface area contributed by atoms with Crippen molar-refractivity contribution in [3.05, 3.63) is 34.9 Å². The predicted molar refractivity (Wildman–Crippen MR) is 89.0 cm³/mol. The van der Waals surface area contributed by atoms with Gasteiger partial charge in [-0.15, -0.1) is 0 Å². The standard InChI is InChI=1S/C19H29NO/c1-4-5-6-12-20(15(2)3)14-19(21)18-11-10-16-8-7-9-17(16)13-18/h10-11,13,15H,4-9,12,14H2,1-3H3. The summed E-state index contributed by atoms with van der Waals surface area (Å²) >= 11 is 0. The number of Topliss-reactive ketones (excluding diaryl/α,β-unsaturated/α-hetero) is 1. The van der Waals surface area contributed by atoms with Crippen molar-refractivity contribution < 1.29 is 4.79 Å². The molecule has 0 saturated heterocycles. The summed E-state index contributed by atoms with van der Waals surface area (Å²) in [4.78, 5) is 14.9. The van der Waals surface area contributed by atoms with Crippen molar-refractivity contribution in [1.29, 1.82) is 0 Å². The maximum atomic E-state index is 12.6. The molecule has 0 atom stereocenters. The summed E-state index contributed by atoms with van der Waals surface area (Å²) in [6.07, 6.45) is 7.22. The Bertz CT molecular complexity index is 478. The fourth-order valence-corrected chi connectivity index (χ4v) is 3.11. The third kappa shape index (κ3) is 4.41. The Morgan fingerprint density at radius 2 is 1.95 bits per heavy atom. The number of hydrogen-bond donors (Lipinski definition) is 0. The molecule has 2 heteroatoms. The summed E-state index contributed by atoms with van der Waals surface area (Å²) in [5.74, 6) is 0.273. The fraction of sp³-hybridized carbons (Fsp3) is 0.632. The number of benzene rings is 1. The second-order valence-electron chi connectivity index (χ2n) is 6.53. The lowest BCUT2D eigenvalue weighted by Gasteiger charge is -2.25. The molecule has 0 spiro atoms. The molecule has 1 aliphatic rings. The lowest BCUT2D eigenvalue weighted by atomic mass is 10.0. The van der Waals surface area contributed by atoms with Crippen LogP contribution < -0.4 is 0 Å². The van der Waals surface area contributed by atoms with Crippen LogP contribution >= 0.6 is 0 Å². The van der Waals surface area contributed by atoms with Crippen LogP contribution in [0.5, 0.6) is 0 Å². The van der Waals surface area contributed by atoms with Crippen LogP contribution in [0, 0.1) is 0 Å². The van der Waals surface area contributed by atoms with Gasteiger partial charge in [0.25, 0.3) is 0 Å². The van der Waals surface area contributed by atoms with Crippen molar-refractivity contribution >= 4 is 5.78 Å². The molecule has 0 bridgehead atoms. The second kappa shape index (κ2) is 7.74. The summed E-state index contributed by atoms with van der Waals surface area (Å²) < 4.78 is 0. The number of aryl methyl sites for hydroxylation is 2. The third-order valence-corrected chi connectivity index (χ3v) is 4.55. The van der Waals surface area contributed by atoms with Gasteiger partial charge in [0, 0.05) is 11.6 Å². The molecule has 0 heterocycles. The lowest BCUT2D eigenvalue weighted by Crippen LogP contribution is -2.36. The minimum absolute atomic E-state index is 0.273. The van der Waals surface area contributed by atoms with Crippen LogP contribution in [0.2, 0.25) is 0 Å². The first-order valence-electron chi connectivity index (χ1n) is 8.51. The van der Waals surface area contributed by atoms with Crippen molar-refractivity contribution in [3.63, 3.8) is 0 Å². The summed E-state index contributed by atoms with van der Waals surface area (Å²) in [6.45, 7) is 8.17. The van der Waals surface area contributed by atoms with Gasteiger partial charge in [-0.3, -0.25) is 9.69 Å². The van der Waals surface area contributed by atoms with E-state index in [0.29, 0.717) is 12.6 Å². The van der Waals surface area contributed by atoms with E-state index >= 15 is 0 Å². The Hall–Kier alpha value is -1.15. The number of fused-ring (bicyclic) bond motifs is 1. The van der Waals surface area contributed by atoms with Gasteiger partial charge in [0.2, 0.25) is 0 Å². The first kappa shape index (κ1) is 16.2. The second-order valence-corrected chi connectivity index (χ2v) is 6.53. The Morgan fingerprint density at radius 3 is 2.67 bits per heavy atom. The van der Waals surface area contributed by atoms with Crippen molar-refractivity contribution in [2.45, 2.75) is 65.3 Å². The van der Waals surface area contributed by atoms with Crippen LogP contribution in [-0.4, -0.2) is 29.8 Å². The average molecular weight is 287 g/mol. The molecule has 0 N–H and O–H groups in total. The van der Waals surface area contributed by atoms with Gasteiger partial charge in [-0.05, 0) is 63.3 Å². The first-order chi connectivity index (χ1) is 10.1. The molecule has 0 amide bonds. The van der Waals surface area contributed by atoms with E-state index in [4.69, 9.17) is 0 Å². The Balaban J connectivity index is 1.98. The zero-order valence-corrected chi connectivity index (χ0v) is 13.8. The third-order valence-electron chi connectivity index (χ3n) is 4.55. The van der Waals surface area contributed by atoms with Crippen molar-refractivity contribution in [2.75, 3.05) is 13.1 Å². The molecule has 1 aromatic carbocycles. The smallest absolute Gasteiger partial charge is 0.176 e. The van der Waals surface area contributed by atoms with Gasteiger partial charge in [-0.25, -0.2) is 0 Å². The first-order valence-corrected chi connectivity index (χ1v) is 8.51. The highest BCUT2D eigenvalue weighted by Gasteiger charge is 2.17. The minimum Gasteiger partial charge on any atom is -0.293 e. The van der Waals surface area contributed by atoms with Crippen LogP contribution in [0.25, 0.3) is 0 Å². The van der Waals surface area contributed by atoms with Crippen molar-refractivity contribution in [1.82, 2.24) is 4.90 Å². The molecule has 0 aromatic heterocycles. The number of rotatable bonds is 8. The van der Waals surface area contributed by atoms with Gasteiger partial charge in [0.15, 0.2) is 5.78 Å². The largest absolute Gasteiger partial charge is 0.293 e.